The van der Waals surface area contributed by atoms with Gasteiger partial charge in [-0.05, 0) is 35.0 Å². The number of rotatable bonds is 1. The summed E-state index contributed by atoms with van der Waals surface area (Å²) in [6.45, 7) is 1.41. The van der Waals surface area contributed by atoms with Crippen LogP contribution in [0.15, 0.2) is 16.6 Å². The summed E-state index contributed by atoms with van der Waals surface area (Å²) in [4.78, 5) is 0. The summed E-state index contributed by atoms with van der Waals surface area (Å²) < 4.78 is 39.5. The lowest BCUT2D eigenvalue weighted by Gasteiger charge is -2.12. The first-order chi connectivity index (χ1) is 6.31. The third-order valence-corrected chi connectivity index (χ3v) is 2.54. The molecule has 0 aliphatic rings. The van der Waals surface area contributed by atoms with Crippen molar-refractivity contribution in [1.29, 1.82) is 0 Å². The summed E-state index contributed by atoms with van der Waals surface area (Å²) in [6, 6.07) is 2.18. The zero-order valence-electron chi connectivity index (χ0n) is 7.02. The Labute approximate surface area is 86.4 Å². The Kier molecular flexibility index (Phi) is 2.94. The summed E-state index contributed by atoms with van der Waals surface area (Å²) >= 11 is 2.94. The predicted octanol–water partition coefficient (Wildman–Crippen LogP) is 3.36. The maximum atomic E-state index is 11.9. The summed E-state index contributed by atoms with van der Waals surface area (Å²) in [5, 5.41) is 9.14. The Morgan fingerprint density at radius 1 is 1.36 bits per heavy atom. The van der Waals surface area contributed by atoms with Crippen LogP contribution in [0.5, 0.6) is 11.5 Å². The van der Waals surface area contributed by atoms with Crippen molar-refractivity contribution in [1.82, 2.24) is 0 Å². The molecule has 1 aromatic carbocycles. The average molecular weight is 271 g/mol. The predicted molar refractivity (Wildman–Crippen MR) is 47.2 cm³/mol. The molecule has 0 heterocycles. The van der Waals surface area contributed by atoms with Crippen molar-refractivity contribution in [2.24, 2.45) is 0 Å². The van der Waals surface area contributed by atoms with Gasteiger partial charge in [-0.15, -0.1) is 13.2 Å². The molecule has 0 saturated heterocycles. The van der Waals surface area contributed by atoms with Crippen molar-refractivity contribution in [3.05, 3.63) is 22.2 Å². The first kappa shape index (κ1) is 11.2. The smallest absolute Gasteiger partial charge is 0.507 e. The van der Waals surface area contributed by atoms with Gasteiger partial charge in [0.25, 0.3) is 0 Å². The molecule has 0 fully saturated rings. The van der Waals surface area contributed by atoms with E-state index in [1.54, 1.807) is 0 Å². The van der Waals surface area contributed by atoms with Gasteiger partial charge in [-0.25, -0.2) is 0 Å². The molecular formula is C8H6BrF3O2. The summed E-state index contributed by atoms with van der Waals surface area (Å²) in [5.41, 5.74) is 0.197. The lowest BCUT2D eigenvalue weighted by molar-refractivity contribution is -0.274. The maximum absolute atomic E-state index is 11.9. The Morgan fingerprint density at radius 2 is 1.93 bits per heavy atom. The molecule has 0 unspecified atom stereocenters. The van der Waals surface area contributed by atoms with Gasteiger partial charge < -0.3 is 9.84 Å². The third-order valence-electron chi connectivity index (χ3n) is 1.54. The number of aromatic hydroxyl groups is 1. The third kappa shape index (κ3) is 2.54. The van der Waals surface area contributed by atoms with E-state index < -0.39 is 6.36 Å². The van der Waals surface area contributed by atoms with Crippen LogP contribution in [0.2, 0.25) is 0 Å². The summed E-state index contributed by atoms with van der Waals surface area (Å²) in [5.74, 6) is -0.459. The molecule has 2 nitrogen and oxygen atoms in total. The molecule has 0 bridgehead atoms. The van der Waals surface area contributed by atoms with E-state index >= 15 is 0 Å². The molecule has 78 valence electrons. The van der Waals surface area contributed by atoms with Gasteiger partial charge in [0.15, 0.2) is 0 Å². The zero-order chi connectivity index (χ0) is 10.9. The van der Waals surface area contributed by atoms with Crippen LogP contribution in [0, 0.1) is 6.92 Å². The molecule has 0 aliphatic carbocycles. The fourth-order valence-electron chi connectivity index (χ4n) is 0.888. The van der Waals surface area contributed by atoms with Crippen molar-refractivity contribution in [3.63, 3.8) is 0 Å². The minimum Gasteiger partial charge on any atom is -0.507 e. The highest BCUT2D eigenvalue weighted by Crippen LogP contribution is 2.35. The molecule has 0 radical (unpaired) electrons. The molecule has 0 amide bonds. The normalized spacial score (nSPS) is 11.5. The number of phenolic OH excluding ortho intramolecular Hbond substituents is 1. The SMILES string of the molecule is Cc1c(OC(F)(F)F)ccc(O)c1Br. The molecule has 6 heteroatoms. The molecule has 0 atom stereocenters. The second-order valence-corrected chi connectivity index (χ2v) is 3.36. The molecule has 14 heavy (non-hydrogen) atoms. The Hall–Kier alpha value is -0.910. The van der Waals surface area contributed by atoms with Crippen molar-refractivity contribution in [2.45, 2.75) is 13.3 Å². The van der Waals surface area contributed by atoms with Crippen LogP contribution in [0.4, 0.5) is 13.2 Å². The van der Waals surface area contributed by atoms with Crippen LogP contribution in [-0.2, 0) is 0 Å². The van der Waals surface area contributed by atoms with Crippen LogP contribution in [0.1, 0.15) is 5.56 Å². The van der Waals surface area contributed by atoms with Gasteiger partial charge in [-0.3, -0.25) is 0 Å². The Morgan fingerprint density at radius 3 is 2.43 bits per heavy atom. The van der Waals surface area contributed by atoms with E-state index in [1.165, 1.54) is 6.92 Å². The van der Waals surface area contributed by atoms with Gasteiger partial charge in [0.05, 0.1) is 4.47 Å². The van der Waals surface area contributed by atoms with Crippen LogP contribution >= 0.6 is 15.9 Å². The molecular weight excluding hydrogens is 265 g/mol. The monoisotopic (exact) mass is 270 g/mol. The average Bonchev–Trinajstić information content (AvgIpc) is 2.04. The van der Waals surface area contributed by atoms with Crippen LogP contribution in [0.25, 0.3) is 0 Å². The van der Waals surface area contributed by atoms with Crippen molar-refractivity contribution in [2.75, 3.05) is 0 Å². The quantitative estimate of drug-likeness (QED) is 0.848. The maximum Gasteiger partial charge on any atom is 0.573 e. The molecule has 0 saturated carbocycles. The number of hydrogen-bond acceptors (Lipinski definition) is 2. The van der Waals surface area contributed by atoms with E-state index in [1.807, 2.05) is 0 Å². The minimum atomic E-state index is -4.72. The van der Waals surface area contributed by atoms with Crippen LogP contribution in [0.3, 0.4) is 0 Å². The summed E-state index contributed by atoms with van der Waals surface area (Å²) in [6.07, 6.45) is -4.72. The Bertz CT molecular complexity index is 349. The fraction of sp³-hybridized carbons (Fsp3) is 0.250. The van der Waals surface area contributed by atoms with E-state index in [9.17, 15) is 13.2 Å². The number of phenols is 1. The largest absolute Gasteiger partial charge is 0.573 e. The van der Waals surface area contributed by atoms with Crippen molar-refractivity contribution >= 4 is 15.9 Å². The first-order valence-corrected chi connectivity index (χ1v) is 4.34. The lowest BCUT2D eigenvalue weighted by Crippen LogP contribution is -2.17. The number of halogens is 4. The van der Waals surface area contributed by atoms with E-state index in [-0.39, 0.29) is 21.5 Å². The first-order valence-electron chi connectivity index (χ1n) is 3.55. The zero-order valence-corrected chi connectivity index (χ0v) is 8.61. The molecule has 1 N–H and O–H groups in total. The van der Waals surface area contributed by atoms with Gasteiger partial charge in [0.2, 0.25) is 0 Å². The van der Waals surface area contributed by atoms with Gasteiger partial charge in [-0.1, -0.05) is 0 Å². The van der Waals surface area contributed by atoms with E-state index in [4.69, 9.17) is 5.11 Å². The topological polar surface area (TPSA) is 29.5 Å². The van der Waals surface area contributed by atoms with Crippen LogP contribution < -0.4 is 4.74 Å². The lowest BCUT2D eigenvalue weighted by atomic mass is 10.2. The Balaban J connectivity index is 3.06. The molecule has 1 aromatic rings. The van der Waals surface area contributed by atoms with Crippen molar-refractivity contribution in [3.8, 4) is 11.5 Å². The van der Waals surface area contributed by atoms with Gasteiger partial charge >= 0.3 is 6.36 Å². The highest BCUT2D eigenvalue weighted by molar-refractivity contribution is 9.10. The molecule has 1 rings (SSSR count). The van der Waals surface area contributed by atoms with Crippen molar-refractivity contribution < 1.29 is 23.0 Å². The highest BCUT2D eigenvalue weighted by atomic mass is 79.9. The standard InChI is InChI=1S/C8H6BrF3O2/c1-4-6(14-8(10,11)12)3-2-5(13)7(4)9/h2-3,13H,1H3. The summed E-state index contributed by atoms with van der Waals surface area (Å²) in [7, 11) is 0. The van der Waals surface area contributed by atoms with Gasteiger partial charge in [0, 0.05) is 5.56 Å². The van der Waals surface area contributed by atoms with Gasteiger partial charge in [-0.2, -0.15) is 0 Å². The van der Waals surface area contributed by atoms with Gasteiger partial charge in [0.1, 0.15) is 11.5 Å². The molecule has 0 spiro atoms. The molecule has 0 aliphatic heterocycles. The second-order valence-electron chi connectivity index (χ2n) is 2.57. The number of benzene rings is 1. The van der Waals surface area contributed by atoms with E-state index in [2.05, 4.69) is 20.7 Å². The highest BCUT2D eigenvalue weighted by Gasteiger charge is 2.32. The number of hydrogen-bond donors (Lipinski definition) is 1. The molecule has 0 aromatic heterocycles. The second kappa shape index (κ2) is 3.68. The minimum absolute atomic E-state index is 0.128. The fourth-order valence-corrected chi connectivity index (χ4v) is 1.22. The number of alkyl halides is 3. The number of ether oxygens (including phenoxy) is 1. The van der Waals surface area contributed by atoms with Crippen LogP contribution in [-0.4, -0.2) is 11.5 Å². The van der Waals surface area contributed by atoms with E-state index in [0.29, 0.717) is 0 Å². The van der Waals surface area contributed by atoms with E-state index in [0.717, 1.165) is 12.1 Å².